The lowest BCUT2D eigenvalue weighted by molar-refractivity contribution is 0.623. The van der Waals surface area contributed by atoms with Gasteiger partial charge in [0, 0.05) is 28.2 Å². The van der Waals surface area contributed by atoms with Gasteiger partial charge in [-0.2, -0.15) is 0 Å². The van der Waals surface area contributed by atoms with E-state index in [1.165, 1.54) is 39.4 Å². The zero-order valence-corrected chi connectivity index (χ0v) is 33.8. The first-order valence-electron chi connectivity index (χ1n) is 21.3. The second-order valence-electron chi connectivity index (χ2n) is 16.4. The van der Waals surface area contributed by atoms with Gasteiger partial charge in [-0.05, 0) is 115 Å². The molecule has 10 aromatic carbocycles. The van der Waals surface area contributed by atoms with Gasteiger partial charge < -0.3 is 4.90 Å². The van der Waals surface area contributed by atoms with Gasteiger partial charge in [0.15, 0.2) is 11.6 Å². The Kier molecular flexibility index (Phi) is 7.58. The predicted octanol–water partition coefficient (Wildman–Crippen LogP) is 15.5. The van der Waals surface area contributed by atoms with Crippen molar-refractivity contribution in [2.45, 2.75) is 5.41 Å². The maximum atomic E-state index is 16.8. The topological polar surface area (TPSA) is 19.4 Å². The van der Waals surface area contributed by atoms with Crippen LogP contribution >= 0.6 is 0 Å². The highest BCUT2D eigenvalue weighted by molar-refractivity contribution is 6.28. The molecule has 0 aliphatic heterocycles. The molecule has 0 fully saturated rings. The van der Waals surface area contributed by atoms with Crippen LogP contribution in [0.15, 0.2) is 212 Å². The van der Waals surface area contributed by atoms with Crippen LogP contribution in [0, 0.1) is 11.6 Å². The van der Waals surface area contributed by atoms with Crippen LogP contribution in [0.4, 0.5) is 43.0 Å². The van der Waals surface area contributed by atoms with Crippen LogP contribution in [0.1, 0.15) is 22.3 Å². The summed E-state index contributed by atoms with van der Waals surface area (Å²) in [5.41, 5.74) is 12.8. The highest BCUT2D eigenvalue weighted by atomic mass is 19.1. The molecule has 0 radical (unpaired) electrons. The molecule has 0 bridgehead atoms. The number of fused-ring (bicyclic) bond motifs is 10. The van der Waals surface area contributed by atoms with Crippen molar-refractivity contribution in [3.05, 3.63) is 246 Å². The van der Waals surface area contributed by atoms with E-state index in [0.29, 0.717) is 5.69 Å². The number of benzene rings is 10. The molecule has 2 aliphatic carbocycles. The molecule has 0 saturated heterocycles. The number of pyridine rings is 1. The molecule has 11 aromatic rings. The van der Waals surface area contributed by atoms with Gasteiger partial charge in [0.25, 0.3) is 0 Å². The lowest BCUT2D eigenvalue weighted by atomic mass is 9.70. The van der Waals surface area contributed by atoms with Crippen LogP contribution in [-0.4, -0.2) is 4.98 Å². The lowest BCUT2D eigenvalue weighted by Gasteiger charge is -2.32. The summed E-state index contributed by atoms with van der Waals surface area (Å²) in [6.45, 7) is 0. The van der Waals surface area contributed by atoms with E-state index in [0.717, 1.165) is 66.2 Å². The quantitative estimate of drug-likeness (QED) is 0.156. The molecule has 1 spiro atoms. The van der Waals surface area contributed by atoms with E-state index in [9.17, 15) is 0 Å². The fourth-order valence-electron chi connectivity index (χ4n) is 11.0. The standard InChI is InChI=1S/C58H35F2N3/c59-48-23-10-11-25-52(48)63(53-26-12-22-47-56(53)41-18-6-9-21-46(41)58(47)44-19-7-4-16-39(44)40-17-5-8-20-45(40)58)51-34-30-37-27-31-42-50(33-29-36-28-32-43(51)55(37)54(36)42)62(38-14-2-1-3-15-38)57-49(60)24-13-35-61-57/h1-35H. The largest absolute Gasteiger partial charge is 0.306 e. The highest BCUT2D eigenvalue weighted by Gasteiger charge is 2.52. The number of hydrogen-bond donors (Lipinski definition) is 0. The number of para-hydroxylation sites is 2. The Morgan fingerprint density at radius 1 is 0.365 bits per heavy atom. The van der Waals surface area contributed by atoms with Gasteiger partial charge in [0.1, 0.15) is 5.82 Å². The summed E-state index contributed by atoms with van der Waals surface area (Å²) in [5.74, 6) is -0.525. The highest BCUT2D eigenvalue weighted by Crippen LogP contribution is 2.65. The molecule has 0 amide bonds. The third-order valence-electron chi connectivity index (χ3n) is 13.4. The summed E-state index contributed by atoms with van der Waals surface area (Å²) in [7, 11) is 0. The molecule has 1 aromatic heterocycles. The third kappa shape index (κ3) is 4.85. The molecular formula is C58H35F2N3. The zero-order chi connectivity index (χ0) is 41.8. The average Bonchev–Trinajstić information content (AvgIpc) is 3.81. The maximum absolute atomic E-state index is 16.8. The van der Waals surface area contributed by atoms with Gasteiger partial charge in [-0.15, -0.1) is 0 Å². The van der Waals surface area contributed by atoms with Crippen LogP contribution in [-0.2, 0) is 5.41 Å². The second kappa shape index (κ2) is 13.4. The van der Waals surface area contributed by atoms with E-state index >= 15 is 8.78 Å². The fourth-order valence-corrected chi connectivity index (χ4v) is 11.0. The SMILES string of the molecule is Fc1ccccc1N(c1cccc2c1-c1ccccc1C21c2ccccc2-c2ccccc21)c1ccc2ccc3c(N(c4ccccc4)c4ncccc4F)ccc4ccc1c2c43. The van der Waals surface area contributed by atoms with E-state index in [-0.39, 0.29) is 11.6 Å². The molecule has 1 heterocycles. The molecule has 0 N–H and O–H groups in total. The molecule has 0 atom stereocenters. The van der Waals surface area contributed by atoms with E-state index < -0.39 is 11.2 Å². The number of halogens is 2. The average molecular weight is 812 g/mol. The van der Waals surface area contributed by atoms with Crippen LogP contribution in [0.5, 0.6) is 0 Å². The molecule has 3 nitrogen and oxygen atoms in total. The summed E-state index contributed by atoms with van der Waals surface area (Å²) >= 11 is 0. The molecular weight excluding hydrogens is 777 g/mol. The Hall–Kier alpha value is -8.15. The normalized spacial score (nSPS) is 13.0. The van der Waals surface area contributed by atoms with Crippen molar-refractivity contribution < 1.29 is 8.78 Å². The summed E-state index contributed by atoms with van der Waals surface area (Å²) < 4.78 is 32.6. The number of aromatic nitrogens is 1. The van der Waals surface area contributed by atoms with Crippen molar-refractivity contribution in [1.29, 1.82) is 0 Å². The summed E-state index contributed by atoms with van der Waals surface area (Å²) in [6.07, 6.45) is 1.62. The molecule has 0 unspecified atom stereocenters. The monoisotopic (exact) mass is 811 g/mol. The first-order chi connectivity index (χ1) is 31.1. The Morgan fingerprint density at radius 2 is 0.873 bits per heavy atom. The molecule has 63 heavy (non-hydrogen) atoms. The second-order valence-corrected chi connectivity index (χ2v) is 16.4. The Morgan fingerprint density at radius 3 is 1.52 bits per heavy atom. The summed E-state index contributed by atoms with van der Waals surface area (Å²) in [6, 6.07) is 69.8. The van der Waals surface area contributed by atoms with Crippen molar-refractivity contribution in [2.75, 3.05) is 9.80 Å². The summed E-state index contributed by atoms with van der Waals surface area (Å²) in [4.78, 5) is 8.58. The van der Waals surface area contributed by atoms with Crippen molar-refractivity contribution in [3.8, 4) is 22.3 Å². The minimum atomic E-state index is -0.563. The van der Waals surface area contributed by atoms with Crippen molar-refractivity contribution in [2.24, 2.45) is 0 Å². The van der Waals surface area contributed by atoms with Crippen LogP contribution in [0.3, 0.4) is 0 Å². The molecule has 5 heteroatoms. The van der Waals surface area contributed by atoms with Gasteiger partial charge >= 0.3 is 0 Å². The van der Waals surface area contributed by atoms with Crippen molar-refractivity contribution >= 4 is 66.6 Å². The Balaban J connectivity index is 1.10. The third-order valence-corrected chi connectivity index (χ3v) is 13.4. The minimum absolute atomic E-state index is 0.216. The van der Waals surface area contributed by atoms with Crippen LogP contribution in [0.25, 0.3) is 54.6 Å². The maximum Gasteiger partial charge on any atom is 0.174 e. The first-order valence-corrected chi connectivity index (χ1v) is 21.3. The fraction of sp³-hybridized carbons (Fsp3) is 0.0172. The number of nitrogens with zero attached hydrogens (tertiary/aromatic N) is 3. The van der Waals surface area contributed by atoms with E-state index in [2.05, 4.69) is 149 Å². The van der Waals surface area contributed by atoms with Gasteiger partial charge in [-0.1, -0.05) is 152 Å². The van der Waals surface area contributed by atoms with E-state index in [4.69, 9.17) is 0 Å². The van der Waals surface area contributed by atoms with Gasteiger partial charge in [0.2, 0.25) is 0 Å². The number of rotatable bonds is 6. The van der Waals surface area contributed by atoms with Crippen molar-refractivity contribution in [1.82, 2.24) is 4.98 Å². The Labute approximate surface area is 362 Å². The van der Waals surface area contributed by atoms with Gasteiger partial charge in [-0.3, -0.25) is 4.90 Å². The van der Waals surface area contributed by atoms with Crippen molar-refractivity contribution in [3.63, 3.8) is 0 Å². The summed E-state index contributed by atoms with van der Waals surface area (Å²) in [5, 5.41) is 6.10. The minimum Gasteiger partial charge on any atom is -0.306 e. The van der Waals surface area contributed by atoms with Gasteiger partial charge in [0.05, 0.1) is 28.2 Å². The molecule has 13 rings (SSSR count). The Bertz CT molecular complexity index is 3590. The first kappa shape index (κ1) is 35.6. The zero-order valence-electron chi connectivity index (χ0n) is 33.8. The van der Waals surface area contributed by atoms with Gasteiger partial charge in [-0.25, -0.2) is 13.8 Å². The van der Waals surface area contributed by atoms with Crippen LogP contribution in [0.2, 0.25) is 0 Å². The molecule has 2 aliphatic rings. The molecule has 0 saturated carbocycles. The van der Waals surface area contributed by atoms with Crippen LogP contribution < -0.4 is 9.80 Å². The number of hydrogen-bond acceptors (Lipinski definition) is 3. The number of anilines is 6. The van der Waals surface area contributed by atoms with E-state index in [1.54, 1.807) is 24.4 Å². The molecule has 296 valence electrons. The van der Waals surface area contributed by atoms with E-state index in [1.807, 2.05) is 47.4 Å². The lowest BCUT2D eigenvalue weighted by Crippen LogP contribution is -2.26. The smallest absolute Gasteiger partial charge is 0.174 e. The predicted molar refractivity (Wildman–Crippen MR) is 254 cm³/mol.